The molecule has 0 N–H and O–H groups in total. The fourth-order valence-corrected chi connectivity index (χ4v) is 3.60. The fraction of sp³-hybridized carbons (Fsp3) is 0.333. The molecular weight excluding hydrogens is 276 g/mol. The molecule has 0 bridgehead atoms. The Morgan fingerprint density at radius 3 is 2.91 bits per heavy atom. The Morgan fingerprint density at radius 1 is 1.18 bits per heavy atom. The second-order valence-corrected chi connectivity index (χ2v) is 5.96. The molecule has 2 aromatic carbocycles. The Balaban J connectivity index is 1.66. The zero-order valence-corrected chi connectivity index (χ0v) is 12.3. The lowest BCUT2D eigenvalue weighted by Gasteiger charge is -2.28. The molecule has 2 aromatic rings. The maximum Gasteiger partial charge on any atom is 0.210 e. The largest absolute Gasteiger partial charge is 0.473 e. The Morgan fingerprint density at radius 2 is 2.05 bits per heavy atom. The first-order valence-electron chi connectivity index (χ1n) is 7.74. The first kappa shape index (κ1) is 13.3. The first-order chi connectivity index (χ1) is 10.9. The summed E-state index contributed by atoms with van der Waals surface area (Å²) < 4.78 is 5.77. The normalized spacial score (nSPS) is 27.3. The van der Waals surface area contributed by atoms with Crippen LogP contribution in [-0.2, 0) is 9.53 Å². The van der Waals surface area contributed by atoms with Crippen molar-refractivity contribution >= 4 is 23.6 Å². The SMILES string of the molecule is O=CN1CCCC1C1N=COC1c1ccc2ccccc2c1. The molecule has 1 amide bonds. The Hall–Kier alpha value is -2.36. The molecule has 22 heavy (non-hydrogen) atoms. The van der Waals surface area contributed by atoms with Gasteiger partial charge in [-0.1, -0.05) is 36.4 Å². The molecule has 0 saturated carbocycles. The van der Waals surface area contributed by atoms with E-state index in [4.69, 9.17) is 4.74 Å². The van der Waals surface area contributed by atoms with Crippen LogP contribution in [0.25, 0.3) is 10.8 Å². The van der Waals surface area contributed by atoms with Crippen LogP contribution in [0.3, 0.4) is 0 Å². The van der Waals surface area contributed by atoms with Gasteiger partial charge < -0.3 is 9.64 Å². The zero-order chi connectivity index (χ0) is 14.9. The number of rotatable bonds is 3. The van der Waals surface area contributed by atoms with Crippen molar-refractivity contribution in [3.63, 3.8) is 0 Å². The van der Waals surface area contributed by atoms with Crippen LogP contribution in [0.15, 0.2) is 47.5 Å². The molecule has 4 nitrogen and oxygen atoms in total. The van der Waals surface area contributed by atoms with Gasteiger partial charge in [0.15, 0.2) is 6.40 Å². The molecule has 1 saturated heterocycles. The summed E-state index contributed by atoms with van der Waals surface area (Å²) >= 11 is 0. The number of aliphatic imine (C=N–C) groups is 1. The highest BCUT2D eigenvalue weighted by Crippen LogP contribution is 2.35. The van der Waals surface area contributed by atoms with Gasteiger partial charge in [0.2, 0.25) is 6.41 Å². The number of fused-ring (bicyclic) bond motifs is 1. The van der Waals surface area contributed by atoms with E-state index < -0.39 is 0 Å². The lowest BCUT2D eigenvalue weighted by molar-refractivity contribution is -0.119. The van der Waals surface area contributed by atoms with Crippen LogP contribution in [0.1, 0.15) is 24.5 Å². The summed E-state index contributed by atoms with van der Waals surface area (Å²) in [6, 6.07) is 14.8. The van der Waals surface area contributed by atoms with Crippen LogP contribution >= 0.6 is 0 Å². The van der Waals surface area contributed by atoms with Crippen LogP contribution in [0.5, 0.6) is 0 Å². The van der Waals surface area contributed by atoms with Crippen LogP contribution in [0.4, 0.5) is 0 Å². The van der Waals surface area contributed by atoms with Gasteiger partial charge in [-0.2, -0.15) is 0 Å². The van der Waals surface area contributed by atoms with Crippen LogP contribution in [0, 0.1) is 0 Å². The maximum absolute atomic E-state index is 11.2. The van der Waals surface area contributed by atoms with Crippen LogP contribution in [0.2, 0.25) is 0 Å². The number of ether oxygens (including phenoxy) is 1. The fourth-order valence-electron chi connectivity index (χ4n) is 3.60. The van der Waals surface area contributed by atoms with E-state index in [1.54, 1.807) is 6.40 Å². The molecule has 0 radical (unpaired) electrons. The van der Waals surface area contributed by atoms with Gasteiger partial charge in [0.05, 0.1) is 6.04 Å². The number of amides is 1. The smallest absolute Gasteiger partial charge is 0.210 e. The number of carbonyl (C=O) groups excluding carboxylic acids is 1. The van der Waals surface area contributed by atoms with Crippen molar-refractivity contribution in [2.24, 2.45) is 4.99 Å². The monoisotopic (exact) mass is 294 g/mol. The molecule has 3 atom stereocenters. The van der Waals surface area contributed by atoms with E-state index in [2.05, 4.69) is 35.3 Å². The van der Waals surface area contributed by atoms with Crippen molar-refractivity contribution in [1.29, 1.82) is 0 Å². The standard InChI is InChI=1S/C18H18N2O2/c21-12-20-9-3-6-16(20)17-18(22-11-19-17)15-8-7-13-4-1-2-5-14(13)10-15/h1-2,4-5,7-8,10-12,16-18H,3,6,9H2. The number of hydrogen-bond acceptors (Lipinski definition) is 3. The molecule has 0 spiro atoms. The molecule has 1 fully saturated rings. The van der Waals surface area contributed by atoms with Crippen LogP contribution < -0.4 is 0 Å². The molecule has 2 aliphatic heterocycles. The van der Waals surface area contributed by atoms with Gasteiger partial charge in [-0.15, -0.1) is 0 Å². The Kier molecular flexibility index (Phi) is 3.29. The molecule has 0 aromatic heterocycles. The van der Waals surface area contributed by atoms with Crippen molar-refractivity contribution in [2.75, 3.05) is 6.54 Å². The Bertz CT molecular complexity index is 728. The van der Waals surface area contributed by atoms with E-state index in [-0.39, 0.29) is 18.2 Å². The summed E-state index contributed by atoms with van der Waals surface area (Å²) in [5.74, 6) is 0. The molecule has 4 heteroatoms. The van der Waals surface area contributed by atoms with Gasteiger partial charge in [-0.3, -0.25) is 4.79 Å². The van der Waals surface area contributed by atoms with E-state index in [1.807, 2.05) is 17.0 Å². The summed E-state index contributed by atoms with van der Waals surface area (Å²) in [7, 11) is 0. The molecule has 2 aliphatic rings. The van der Waals surface area contributed by atoms with Gasteiger partial charge in [0.25, 0.3) is 0 Å². The van der Waals surface area contributed by atoms with Gasteiger partial charge in [0, 0.05) is 6.54 Å². The van der Waals surface area contributed by atoms with Gasteiger partial charge in [-0.05, 0) is 35.2 Å². The van der Waals surface area contributed by atoms with Gasteiger partial charge in [0.1, 0.15) is 12.1 Å². The molecular formula is C18H18N2O2. The number of carbonyl (C=O) groups is 1. The summed E-state index contributed by atoms with van der Waals surface area (Å²) in [5.41, 5.74) is 1.12. The summed E-state index contributed by atoms with van der Waals surface area (Å²) in [6.45, 7) is 0.824. The van der Waals surface area contributed by atoms with E-state index in [0.29, 0.717) is 0 Å². The number of hydrogen-bond donors (Lipinski definition) is 0. The average Bonchev–Trinajstić information content (AvgIpc) is 3.22. The van der Waals surface area contributed by atoms with E-state index >= 15 is 0 Å². The number of nitrogens with zero attached hydrogens (tertiary/aromatic N) is 2. The topological polar surface area (TPSA) is 41.9 Å². The lowest BCUT2D eigenvalue weighted by Crippen LogP contribution is -2.39. The molecule has 112 valence electrons. The summed E-state index contributed by atoms with van der Waals surface area (Å²) in [4.78, 5) is 17.6. The molecule has 2 heterocycles. The van der Waals surface area contributed by atoms with Crippen LogP contribution in [-0.4, -0.2) is 36.3 Å². The second kappa shape index (κ2) is 5.44. The predicted molar refractivity (Wildman–Crippen MR) is 85.8 cm³/mol. The van der Waals surface area contributed by atoms with Crippen molar-refractivity contribution in [3.8, 4) is 0 Å². The highest BCUT2D eigenvalue weighted by atomic mass is 16.5. The first-order valence-corrected chi connectivity index (χ1v) is 7.74. The van der Waals surface area contributed by atoms with E-state index in [0.717, 1.165) is 31.4 Å². The number of benzene rings is 2. The third kappa shape index (κ3) is 2.15. The lowest BCUT2D eigenvalue weighted by atomic mass is 9.94. The predicted octanol–water partition coefficient (Wildman–Crippen LogP) is 2.93. The van der Waals surface area contributed by atoms with Gasteiger partial charge >= 0.3 is 0 Å². The highest BCUT2D eigenvalue weighted by Gasteiger charge is 2.39. The molecule has 3 unspecified atom stereocenters. The second-order valence-electron chi connectivity index (χ2n) is 5.96. The molecule has 0 aliphatic carbocycles. The molecule has 4 rings (SSSR count). The van der Waals surface area contributed by atoms with Crippen molar-refractivity contribution in [2.45, 2.75) is 31.0 Å². The Labute approximate surface area is 129 Å². The average molecular weight is 294 g/mol. The van der Waals surface area contributed by atoms with Crippen molar-refractivity contribution in [3.05, 3.63) is 48.0 Å². The van der Waals surface area contributed by atoms with E-state index in [9.17, 15) is 4.79 Å². The quantitative estimate of drug-likeness (QED) is 0.817. The van der Waals surface area contributed by atoms with Crippen molar-refractivity contribution < 1.29 is 9.53 Å². The minimum Gasteiger partial charge on any atom is -0.473 e. The maximum atomic E-state index is 11.2. The minimum atomic E-state index is -0.102. The van der Waals surface area contributed by atoms with Crippen molar-refractivity contribution in [1.82, 2.24) is 4.90 Å². The highest BCUT2D eigenvalue weighted by molar-refractivity contribution is 5.83. The zero-order valence-electron chi connectivity index (χ0n) is 12.3. The summed E-state index contributed by atoms with van der Waals surface area (Å²) in [6.07, 6.45) is 4.43. The van der Waals surface area contributed by atoms with E-state index in [1.165, 1.54) is 10.8 Å². The third-order valence-electron chi connectivity index (χ3n) is 4.72. The minimum absolute atomic E-state index is 0.00568. The van der Waals surface area contributed by atoms with Gasteiger partial charge in [-0.25, -0.2) is 4.99 Å². The third-order valence-corrected chi connectivity index (χ3v) is 4.72. The number of likely N-dealkylation sites (tertiary alicyclic amines) is 1. The summed E-state index contributed by atoms with van der Waals surface area (Å²) in [5, 5.41) is 2.42.